The second-order valence-electron chi connectivity index (χ2n) is 3.93. The van der Waals surface area contributed by atoms with E-state index in [9.17, 15) is 5.11 Å². The lowest BCUT2D eigenvalue weighted by atomic mass is 10.3. The van der Waals surface area contributed by atoms with Crippen molar-refractivity contribution in [3.63, 3.8) is 0 Å². The van der Waals surface area contributed by atoms with Gasteiger partial charge in [-0.2, -0.15) is 24.7 Å². The van der Waals surface area contributed by atoms with Gasteiger partial charge in [0, 0.05) is 13.1 Å². The summed E-state index contributed by atoms with van der Waals surface area (Å²) in [5.41, 5.74) is 0. The summed E-state index contributed by atoms with van der Waals surface area (Å²) in [5.74, 6) is 0.751. The molecular weight excluding hydrogens is 258 g/mol. The first kappa shape index (κ1) is 11.3. The van der Waals surface area contributed by atoms with Crippen molar-refractivity contribution in [3.8, 4) is 5.95 Å². The zero-order valence-corrected chi connectivity index (χ0v) is 10.1. The fraction of sp³-hybridized carbons (Fsp3) is 0.444. The average Bonchev–Trinajstić information content (AvgIpc) is 2.98. The van der Waals surface area contributed by atoms with Gasteiger partial charge in [-0.25, -0.2) is 4.98 Å². The molecule has 1 saturated heterocycles. The van der Waals surface area contributed by atoms with Gasteiger partial charge in [-0.15, -0.1) is 0 Å². The van der Waals surface area contributed by atoms with E-state index in [1.165, 1.54) is 17.3 Å². The Kier molecular flexibility index (Phi) is 2.80. The van der Waals surface area contributed by atoms with E-state index in [0.29, 0.717) is 31.4 Å². The van der Waals surface area contributed by atoms with Gasteiger partial charge in [-0.05, 0) is 18.0 Å². The Bertz CT molecular complexity index is 546. The number of aromatic nitrogens is 6. The lowest BCUT2D eigenvalue weighted by Gasteiger charge is -2.15. The van der Waals surface area contributed by atoms with Crippen LogP contribution in [0.2, 0.25) is 5.28 Å². The number of aliphatic hydroxyl groups is 1. The van der Waals surface area contributed by atoms with Gasteiger partial charge in [0.1, 0.15) is 12.7 Å². The summed E-state index contributed by atoms with van der Waals surface area (Å²) >= 11 is 5.87. The molecule has 1 fully saturated rings. The van der Waals surface area contributed by atoms with Gasteiger partial charge >= 0.3 is 0 Å². The Morgan fingerprint density at radius 1 is 1.28 bits per heavy atom. The average molecular weight is 268 g/mol. The van der Waals surface area contributed by atoms with Crippen LogP contribution in [0.1, 0.15) is 6.42 Å². The molecule has 3 heterocycles. The molecule has 1 aliphatic heterocycles. The van der Waals surface area contributed by atoms with Crippen LogP contribution in [0.4, 0.5) is 5.95 Å². The molecule has 1 unspecified atom stereocenters. The Morgan fingerprint density at radius 2 is 2.11 bits per heavy atom. The number of aliphatic hydroxyl groups excluding tert-OH is 1. The van der Waals surface area contributed by atoms with E-state index in [1.54, 1.807) is 0 Å². The molecule has 2 aromatic heterocycles. The maximum atomic E-state index is 9.51. The molecule has 9 heteroatoms. The van der Waals surface area contributed by atoms with Gasteiger partial charge in [-0.1, -0.05) is 0 Å². The summed E-state index contributed by atoms with van der Waals surface area (Å²) in [6.45, 7) is 1.19. The van der Waals surface area contributed by atoms with E-state index in [0.717, 1.165) is 0 Å². The lowest BCUT2D eigenvalue weighted by molar-refractivity contribution is 0.198. The predicted octanol–water partition coefficient (Wildman–Crippen LogP) is -0.323. The Morgan fingerprint density at radius 3 is 2.78 bits per heavy atom. The maximum Gasteiger partial charge on any atom is 0.258 e. The van der Waals surface area contributed by atoms with Crippen LogP contribution in [0.5, 0.6) is 0 Å². The summed E-state index contributed by atoms with van der Waals surface area (Å²) < 4.78 is 1.41. The van der Waals surface area contributed by atoms with Gasteiger partial charge in [0.05, 0.1) is 6.10 Å². The number of rotatable bonds is 2. The molecule has 94 valence electrons. The standard InChI is InChI=1S/C9H10ClN7O/c10-7-13-8(16-2-1-6(18)3-16)15-9(14-7)17-5-11-4-12-17/h4-6,18H,1-3H2. The fourth-order valence-corrected chi connectivity index (χ4v) is 1.96. The van der Waals surface area contributed by atoms with Gasteiger partial charge in [0.15, 0.2) is 0 Å². The molecule has 0 radical (unpaired) electrons. The molecule has 0 saturated carbocycles. The third-order valence-electron chi connectivity index (χ3n) is 2.65. The number of halogens is 1. The largest absolute Gasteiger partial charge is 0.391 e. The van der Waals surface area contributed by atoms with E-state index < -0.39 is 0 Å². The predicted molar refractivity (Wildman–Crippen MR) is 62.6 cm³/mol. The highest BCUT2D eigenvalue weighted by Gasteiger charge is 2.23. The van der Waals surface area contributed by atoms with E-state index in [2.05, 4.69) is 25.0 Å². The van der Waals surface area contributed by atoms with Crippen LogP contribution in [-0.2, 0) is 0 Å². The van der Waals surface area contributed by atoms with E-state index >= 15 is 0 Å². The van der Waals surface area contributed by atoms with Crippen LogP contribution in [0.3, 0.4) is 0 Å². The topological polar surface area (TPSA) is 92.8 Å². The van der Waals surface area contributed by atoms with Gasteiger partial charge in [-0.3, -0.25) is 0 Å². The van der Waals surface area contributed by atoms with Crippen LogP contribution in [0, 0.1) is 0 Å². The monoisotopic (exact) mass is 267 g/mol. The van der Waals surface area contributed by atoms with Crippen molar-refractivity contribution in [2.45, 2.75) is 12.5 Å². The summed E-state index contributed by atoms with van der Waals surface area (Å²) in [5, 5.41) is 13.5. The molecule has 3 rings (SSSR count). The number of β-amino-alcohol motifs (C(OH)–C–C–N with tert-alkyl or cyclic N) is 1. The van der Waals surface area contributed by atoms with Crippen molar-refractivity contribution in [1.29, 1.82) is 0 Å². The second-order valence-corrected chi connectivity index (χ2v) is 4.27. The van der Waals surface area contributed by atoms with Crippen LogP contribution in [-0.4, -0.2) is 54.0 Å². The third-order valence-corrected chi connectivity index (χ3v) is 2.82. The van der Waals surface area contributed by atoms with E-state index in [4.69, 9.17) is 11.6 Å². The molecule has 0 aromatic carbocycles. The highest BCUT2D eigenvalue weighted by atomic mass is 35.5. The van der Waals surface area contributed by atoms with Crippen LogP contribution < -0.4 is 4.90 Å². The molecule has 0 amide bonds. The van der Waals surface area contributed by atoms with Crippen molar-refractivity contribution < 1.29 is 5.11 Å². The second kappa shape index (κ2) is 4.46. The maximum absolute atomic E-state index is 9.51. The zero-order valence-electron chi connectivity index (χ0n) is 9.31. The molecule has 18 heavy (non-hydrogen) atoms. The van der Waals surface area contributed by atoms with Gasteiger partial charge in [0.2, 0.25) is 11.2 Å². The van der Waals surface area contributed by atoms with Crippen molar-refractivity contribution in [1.82, 2.24) is 29.7 Å². The lowest BCUT2D eigenvalue weighted by Crippen LogP contribution is -2.24. The van der Waals surface area contributed by atoms with Crippen molar-refractivity contribution in [3.05, 3.63) is 17.9 Å². The molecule has 8 nitrogen and oxygen atoms in total. The highest BCUT2D eigenvalue weighted by molar-refractivity contribution is 6.28. The number of hydrogen-bond donors (Lipinski definition) is 1. The number of hydrogen-bond acceptors (Lipinski definition) is 7. The minimum atomic E-state index is -0.352. The van der Waals surface area contributed by atoms with Gasteiger partial charge in [0.25, 0.3) is 5.95 Å². The summed E-state index contributed by atoms with van der Waals surface area (Å²) in [7, 11) is 0. The Hall–Kier alpha value is -1.80. The summed E-state index contributed by atoms with van der Waals surface area (Å²) in [6, 6.07) is 0. The molecular formula is C9H10ClN7O. The van der Waals surface area contributed by atoms with Gasteiger partial charge < -0.3 is 10.0 Å². The first-order valence-corrected chi connectivity index (χ1v) is 5.80. The van der Waals surface area contributed by atoms with Crippen molar-refractivity contribution in [2.75, 3.05) is 18.0 Å². The Labute approximate surface area is 107 Å². The molecule has 1 N–H and O–H groups in total. The van der Waals surface area contributed by atoms with Crippen molar-refractivity contribution >= 4 is 17.5 Å². The fourth-order valence-electron chi connectivity index (χ4n) is 1.81. The molecule has 0 spiro atoms. The van der Waals surface area contributed by atoms with Crippen LogP contribution >= 0.6 is 11.6 Å². The van der Waals surface area contributed by atoms with Crippen LogP contribution in [0.25, 0.3) is 5.95 Å². The minimum absolute atomic E-state index is 0.0897. The number of nitrogens with zero attached hydrogens (tertiary/aromatic N) is 7. The summed E-state index contributed by atoms with van der Waals surface area (Å²) in [6.07, 6.45) is 3.21. The summed E-state index contributed by atoms with van der Waals surface area (Å²) in [4.78, 5) is 18.0. The molecule has 0 aliphatic carbocycles. The molecule has 0 bridgehead atoms. The third kappa shape index (κ3) is 2.12. The first-order valence-electron chi connectivity index (χ1n) is 5.42. The smallest absolute Gasteiger partial charge is 0.258 e. The van der Waals surface area contributed by atoms with E-state index in [1.807, 2.05) is 4.90 Å². The quantitative estimate of drug-likeness (QED) is 0.797. The van der Waals surface area contributed by atoms with Crippen molar-refractivity contribution in [2.24, 2.45) is 0 Å². The van der Waals surface area contributed by atoms with E-state index in [-0.39, 0.29) is 11.4 Å². The molecule has 2 aromatic rings. The first-order chi connectivity index (χ1) is 8.72. The number of anilines is 1. The normalized spacial score (nSPS) is 19.4. The minimum Gasteiger partial charge on any atom is -0.391 e. The Balaban J connectivity index is 1.96. The highest BCUT2D eigenvalue weighted by Crippen LogP contribution is 2.18. The SMILES string of the molecule is OC1CCN(c2nc(Cl)nc(-n3cncn3)n2)C1. The zero-order chi connectivity index (χ0) is 12.5. The molecule has 1 atom stereocenters. The van der Waals surface area contributed by atoms with Crippen LogP contribution in [0.15, 0.2) is 12.7 Å². The molecule has 1 aliphatic rings.